The first-order valence-electron chi connectivity index (χ1n) is 4.59. The van der Waals surface area contributed by atoms with E-state index in [1.807, 2.05) is 11.8 Å². The predicted molar refractivity (Wildman–Crippen MR) is 56.1 cm³/mol. The summed E-state index contributed by atoms with van der Waals surface area (Å²) in [5, 5.41) is 1.41. The summed E-state index contributed by atoms with van der Waals surface area (Å²) < 4.78 is 2.22. The standard InChI is InChI=1S/C9H19N2S/c1-10(2)9(12-3)11-7-5-4-6-8-11/h4-8H2,1-3H3/q+1. The fraction of sp³-hybridized carbons (Fsp3) is 0.889. The maximum atomic E-state index is 2.49. The van der Waals surface area contributed by atoms with Gasteiger partial charge in [-0.15, -0.1) is 0 Å². The van der Waals surface area contributed by atoms with Crippen molar-refractivity contribution in [2.45, 2.75) is 19.3 Å². The molecule has 1 aliphatic rings. The van der Waals surface area contributed by atoms with Gasteiger partial charge in [-0.3, -0.25) is 9.48 Å². The van der Waals surface area contributed by atoms with Gasteiger partial charge in [0.05, 0.1) is 27.2 Å². The molecule has 2 nitrogen and oxygen atoms in total. The topological polar surface area (TPSA) is 6.25 Å². The van der Waals surface area contributed by atoms with E-state index >= 15 is 0 Å². The quantitative estimate of drug-likeness (QED) is 0.322. The fourth-order valence-electron chi connectivity index (χ4n) is 1.68. The lowest BCUT2D eigenvalue weighted by Gasteiger charge is -2.22. The van der Waals surface area contributed by atoms with Crippen LogP contribution in [0.25, 0.3) is 0 Å². The van der Waals surface area contributed by atoms with Crippen molar-refractivity contribution in [1.82, 2.24) is 4.90 Å². The first-order chi connectivity index (χ1) is 5.75. The number of likely N-dealkylation sites (tertiary alicyclic amines) is 1. The van der Waals surface area contributed by atoms with E-state index in [4.69, 9.17) is 0 Å². The van der Waals surface area contributed by atoms with E-state index in [1.165, 1.54) is 37.5 Å². The van der Waals surface area contributed by atoms with Crippen LogP contribution in [0.5, 0.6) is 0 Å². The number of piperidine rings is 1. The van der Waals surface area contributed by atoms with Gasteiger partial charge in [0, 0.05) is 0 Å². The molecule has 3 heteroatoms. The van der Waals surface area contributed by atoms with Gasteiger partial charge in [0.25, 0.3) is 0 Å². The van der Waals surface area contributed by atoms with Crippen LogP contribution in [0.3, 0.4) is 0 Å². The molecule has 1 rings (SSSR count). The molecule has 0 spiro atoms. The van der Waals surface area contributed by atoms with E-state index in [0.29, 0.717) is 0 Å². The molecular formula is C9H19N2S+. The molecule has 0 saturated carbocycles. The van der Waals surface area contributed by atoms with Crippen molar-refractivity contribution in [2.75, 3.05) is 33.4 Å². The number of thioether (sulfide) groups is 1. The minimum Gasteiger partial charge on any atom is -0.262 e. The van der Waals surface area contributed by atoms with Gasteiger partial charge in [-0.1, -0.05) is 0 Å². The van der Waals surface area contributed by atoms with E-state index < -0.39 is 0 Å². The van der Waals surface area contributed by atoms with Crippen molar-refractivity contribution in [2.24, 2.45) is 0 Å². The van der Waals surface area contributed by atoms with E-state index in [2.05, 4.69) is 29.8 Å². The summed E-state index contributed by atoms with van der Waals surface area (Å²) in [7, 11) is 4.25. The SMILES string of the molecule is CSC(N1CCCCC1)=[N+](C)C. The maximum Gasteiger partial charge on any atom is 0.307 e. The van der Waals surface area contributed by atoms with Crippen LogP contribution in [-0.4, -0.2) is 48.1 Å². The normalized spacial score (nSPS) is 17.8. The maximum absolute atomic E-state index is 2.49. The molecule has 0 radical (unpaired) electrons. The molecule has 0 atom stereocenters. The fourth-order valence-corrected chi connectivity index (χ4v) is 2.49. The summed E-state index contributed by atoms with van der Waals surface area (Å²) in [6.45, 7) is 2.49. The van der Waals surface area contributed by atoms with E-state index in [9.17, 15) is 0 Å². The highest BCUT2D eigenvalue weighted by atomic mass is 32.2. The molecule has 1 saturated heterocycles. The minimum absolute atomic E-state index is 1.24. The number of rotatable bonds is 0. The van der Waals surface area contributed by atoms with Crippen LogP contribution in [0, 0.1) is 0 Å². The second-order valence-corrected chi connectivity index (χ2v) is 4.20. The van der Waals surface area contributed by atoms with Gasteiger partial charge in [-0.25, -0.2) is 0 Å². The number of hydrogen-bond acceptors (Lipinski definition) is 1. The molecular weight excluding hydrogens is 168 g/mol. The van der Waals surface area contributed by atoms with Gasteiger partial charge < -0.3 is 0 Å². The average molecular weight is 187 g/mol. The molecule has 0 aromatic carbocycles. The summed E-state index contributed by atoms with van der Waals surface area (Å²) in [6.07, 6.45) is 6.28. The highest BCUT2D eigenvalue weighted by Gasteiger charge is 2.21. The Labute approximate surface area is 79.6 Å². The molecule has 1 heterocycles. The van der Waals surface area contributed by atoms with Crippen LogP contribution in [0.4, 0.5) is 0 Å². The Kier molecular flexibility index (Phi) is 3.92. The molecule has 70 valence electrons. The summed E-state index contributed by atoms with van der Waals surface area (Å²) in [6, 6.07) is 0. The minimum atomic E-state index is 1.24. The first-order valence-corrected chi connectivity index (χ1v) is 5.81. The highest BCUT2D eigenvalue weighted by molar-refractivity contribution is 8.12. The second-order valence-electron chi connectivity index (χ2n) is 3.43. The monoisotopic (exact) mass is 187 g/mol. The third-order valence-electron chi connectivity index (χ3n) is 2.19. The van der Waals surface area contributed by atoms with Crippen LogP contribution in [0.2, 0.25) is 0 Å². The molecule has 0 aromatic heterocycles. The van der Waals surface area contributed by atoms with Crippen LogP contribution in [-0.2, 0) is 0 Å². The molecule has 0 bridgehead atoms. The Hall–Kier alpha value is -0.180. The van der Waals surface area contributed by atoms with E-state index in [1.54, 1.807) is 0 Å². The first kappa shape index (κ1) is 9.90. The van der Waals surface area contributed by atoms with Gasteiger partial charge in [-0.05, 0) is 37.3 Å². The summed E-state index contributed by atoms with van der Waals surface area (Å²) >= 11 is 1.85. The van der Waals surface area contributed by atoms with Gasteiger partial charge in [-0.2, -0.15) is 0 Å². The van der Waals surface area contributed by atoms with Crippen molar-refractivity contribution in [3.8, 4) is 0 Å². The molecule has 0 aromatic rings. The number of hydrogen-bond donors (Lipinski definition) is 0. The zero-order valence-corrected chi connectivity index (χ0v) is 9.15. The number of nitrogens with zero attached hydrogens (tertiary/aromatic N) is 2. The van der Waals surface area contributed by atoms with Crippen LogP contribution in [0.1, 0.15) is 19.3 Å². The van der Waals surface area contributed by atoms with Crippen molar-refractivity contribution < 1.29 is 4.58 Å². The van der Waals surface area contributed by atoms with Crippen LogP contribution < -0.4 is 0 Å². The largest absolute Gasteiger partial charge is 0.307 e. The Balaban J connectivity index is 2.59. The Morgan fingerprint density at radius 2 is 1.75 bits per heavy atom. The summed E-state index contributed by atoms with van der Waals surface area (Å²) in [4.78, 5) is 2.49. The van der Waals surface area contributed by atoms with Gasteiger partial charge in [0.15, 0.2) is 0 Å². The van der Waals surface area contributed by atoms with E-state index in [-0.39, 0.29) is 0 Å². The molecule has 1 fully saturated rings. The zero-order chi connectivity index (χ0) is 8.97. The lowest BCUT2D eigenvalue weighted by molar-refractivity contribution is -0.466. The van der Waals surface area contributed by atoms with Crippen LogP contribution >= 0.6 is 11.8 Å². The summed E-state index contributed by atoms with van der Waals surface area (Å²) in [5.41, 5.74) is 0. The molecule has 0 unspecified atom stereocenters. The van der Waals surface area contributed by atoms with Crippen molar-refractivity contribution in [3.05, 3.63) is 0 Å². The Morgan fingerprint density at radius 3 is 2.17 bits per heavy atom. The third-order valence-corrected chi connectivity index (χ3v) is 3.18. The van der Waals surface area contributed by atoms with Crippen molar-refractivity contribution >= 4 is 16.9 Å². The van der Waals surface area contributed by atoms with Crippen molar-refractivity contribution in [3.63, 3.8) is 0 Å². The van der Waals surface area contributed by atoms with Crippen LogP contribution in [0.15, 0.2) is 0 Å². The van der Waals surface area contributed by atoms with E-state index in [0.717, 1.165) is 0 Å². The molecule has 12 heavy (non-hydrogen) atoms. The lowest BCUT2D eigenvalue weighted by Crippen LogP contribution is -2.37. The van der Waals surface area contributed by atoms with Crippen molar-refractivity contribution in [1.29, 1.82) is 0 Å². The molecule has 0 amide bonds. The Bertz CT molecular complexity index is 167. The predicted octanol–water partition coefficient (Wildman–Crippen LogP) is 1.46. The smallest absolute Gasteiger partial charge is 0.262 e. The lowest BCUT2D eigenvalue weighted by atomic mass is 10.1. The average Bonchev–Trinajstić information content (AvgIpc) is 2.07. The third kappa shape index (κ3) is 2.41. The number of amidine groups is 1. The second kappa shape index (κ2) is 4.75. The summed E-state index contributed by atoms with van der Waals surface area (Å²) in [5.74, 6) is 0. The molecule has 1 aliphatic heterocycles. The van der Waals surface area contributed by atoms with Gasteiger partial charge >= 0.3 is 5.17 Å². The van der Waals surface area contributed by atoms with Gasteiger partial charge in [0.2, 0.25) is 0 Å². The van der Waals surface area contributed by atoms with Gasteiger partial charge in [0.1, 0.15) is 0 Å². The molecule has 0 N–H and O–H groups in total. The molecule has 0 aliphatic carbocycles. The zero-order valence-electron chi connectivity index (χ0n) is 8.34. The Morgan fingerprint density at radius 1 is 1.17 bits per heavy atom. The highest BCUT2D eigenvalue weighted by Crippen LogP contribution is 2.13.